The molecule has 0 spiro atoms. The Morgan fingerprint density at radius 2 is 2.28 bits per heavy atom. The van der Waals surface area contributed by atoms with Crippen LogP contribution in [0.25, 0.3) is 0 Å². The van der Waals surface area contributed by atoms with Gasteiger partial charge in [-0.25, -0.2) is 4.39 Å². The molecule has 0 saturated heterocycles. The van der Waals surface area contributed by atoms with Gasteiger partial charge in [0, 0.05) is 12.6 Å². The number of benzene rings is 1. The molecular weight excluding hydrogens is 243 g/mol. The van der Waals surface area contributed by atoms with Crippen molar-refractivity contribution in [3.8, 4) is 0 Å². The molecule has 0 aliphatic carbocycles. The van der Waals surface area contributed by atoms with E-state index in [1.807, 2.05) is 0 Å². The molecule has 1 rings (SSSR count). The highest BCUT2D eigenvalue weighted by Crippen LogP contribution is 2.20. The summed E-state index contributed by atoms with van der Waals surface area (Å²) >= 11 is 0. The number of anilines is 1. The highest BCUT2D eigenvalue weighted by atomic mass is 19.1. The van der Waals surface area contributed by atoms with Gasteiger partial charge in [0.25, 0.3) is 5.69 Å². The number of halogens is 1. The standard InChI is InChI=1S/C11H13FN2O4/c1-2-7(11(15)16)6-13-10-4-3-8(14(17)18)5-9(10)12/h3-5,7,13H,2,6H2,1H3,(H,15,16). The van der Waals surface area contributed by atoms with E-state index in [4.69, 9.17) is 5.11 Å². The lowest BCUT2D eigenvalue weighted by Gasteiger charge is -2.12. The van der Waals surface area contributed by atoms with Crippen molar-refractivity contribution in [2.24, 2.45) is 5.92 Å². The molecule has 0 heterocycles. The Bertz CT molecular complexity index is 464. The Morgan fingerprint density at radius 1 is 1.61 bits per heavy atom. The van der Waals surface area contributed by atoms with Crippen LogP contribution in [0.15, 0.2) is 18.2 Å². The lowest BCUT2D eigenvalue weighted by atomic mass is 10.1. The second-order valence-corrected chi connectivity index (χ2v) is 3.75. The second kappa shape index (κ2) is 5.95. The van der Waals surface area contributed by atoms with Crippen LogP contribution in [0.2, 0.25) is 0 Å². The van der Waals surface area contributed by atoms with E-state index >= 15 is 0 Å². The van der Waals surface area contributed by atoms with Gasteiger partial charge in [0.05, 0.1) is 22.6 Å². The summed E-state index contributed by atoms with van der Waals surface area (Å²) in [6.07, 6.45) is 0.414. The summed E-state index contributed by atoms with van der Waals surface area (Å²) in [6.45, 7) is 1.78. The van der Waals surface area contributed by atoms with Crippen LogP contribution in [0.4, 0.5) is 15.8 Å². The van der Waals surface area contributed by atoms with E-state index in [0.29, 0.717) is 6.42 Å². The molecule has 0 amide bonds. The molecule has 0 aliphatic rings. The molecule has 1 aromatic carbocycles. The average Bonchev–Trinajstić information content (AvgIpc) is 2.30. The fourth-order valence-electron chi connectivity index (χ4n) is 1.40. The van der Waals surface area contributed by atoms with Crippen molar-refractivity contribution >= 4 is 17.3 Å². The number of hydrogen-bond acceptors (Lipinski definition) is 4. The molecule has 1 aromatic rings. The van der Waals surface area contributed by atoms with Crippen molar-refractivity contribution in [2.75, 3.05) is 11.9 Å². The van der Waals surface area contributed by atoms with E-state index in [2.05, 4.69) is 5.32 Å². The van der Waals surface area contributed by atoms with Gasteiger partial charge in [-0.1, -0.05) is 6.92 Å². The number of non-ortho nitro benzene ring substituents is 1. The fourth-order valence-corrected chi connectivity index (χ4v) is 1.40. The molecule has 6 nitrogen and oxygen atoms in total. The van der Waals surface area contributed by atoms with E-state index < -0.39 is 22.6 Å². The third-order valence-corrected chi connectivity index (χ3v) is 2.54. The molecule has 7 heteroatoms. The molecule has 98 valence electrons. The van der Waals surface area contributed by atoms with Gasteiger partial charge >= 0.3 is 5.97 Å². The van der Waals surface area contributed by atoms with Crippen molar-refractivity contribution in [3.63, 3.8) is 0 Å². The maximum absolute atomic E-state index is 13.5. The zero-order valence-electron chi connectivity index (χ0n) is 9.72. The van der Waals surface area contributed by atoms with E-state index in [1.165, 1.54) is 6.07 Å². The topological polar surface area (TPSA) is 92.5 Å². The van der Waals surface area contributed by atoms with E-state index in [1.54, 1.807) is 6.92 Å². The molecule has 0 saturated carbocycles. The second-order valence-electron chi connectivity index (χ2n) is 3.75. The number of hydrogen-bond donors (Lipinski definition) is 2. The number of nitro benzene ring substituents is 1. The minimum atomic E-state index is -0.965. The van der Waals surface area contributed by atoms with Crippen LogP contribution < -0.4 is 5.32 Å². The maximum Gasteiger partial charge on any atom is 0.308 e. The van der Waals surface area contributed by atoms with Crippen molar-refractivity contribution in [1.82, 2.24) is 0 Å². The minimum Gasteiger partial charge on any atom is -0.481 e. The van der Waals surface area contributed by atoms with Gasteiger partial charge in [-0.3, -0.25) is 14.9 Å². The van der Waals surface area contributed by atoms with Crippen LogP contribution in [0.3, 0.4) is 0 Å². The van der Waals surface area contributed by atoms with Gasteiger partial charge in [0.2, 0.25) is 0 Å². The zero-order valence-corrected chi connectivity index (χ0v) is 9.72. The molecule has 1 unspecified atom stereocenters. The molecule has 0 bridgehead atoms. The lowest BCUT2D eigenvalue weighted by Crippen LogP contribution is -2.22. The summed E-state index contributed by atoms with van der Waals surface area (Å²) < 4.78 is 13.5. The predicted molar refractivity (Wildman–Crippen MR) is 63.0 cm³/mol. The van der Waals surface area contributed by atoms with Crippen LogP contribution in [0.1, 0.15) is 13.3 Å². The van der Waals surface area contributed by atoms with Gasteiger partial charge in [0.1, 0.15) is 0 Å². The first-order valence-corrected chi connectivity index (χ1v) is 5.36. The number of nitrogens with zero attached hydrogens (tertiary/aromatic N) is 1. The van der Waals surface area contributed by atoms with Crippen molar-refractivity contribution in [1.29, 1.82) is 0 Å². The third kappa shape index (κ3) is 3.41. The molecule has 0 aromatic heterocycles. The summed E-state index contributed by atoms with van der Waals surface area (Å²) in [5.74, 6) is -2.36. The Morgan fingerprint density at radius 3 is 2.72 bits per heavy atom. The van der Waals surface area contributed by atoms with Gasteiger partial charge < -0.3 is 10.4 Å². The quantitative estimate of drug-likeness (QED) is 0.601. The molecular formula is C11H13FN2O4. The number of carboxylic acids is 1. The fraction of sp³-hybridized carbons (Fsp3) is 0.364. The number of carbonyl (C=O) groups is 1. The van der Waals surface area contributed by atoms with E-state index in [-0.39, 0.29) is 17.9 Å². The first-order chi connectivity index (χ1) is 8.45. The SMILES string of the molecule is CCC(CNc1ccc([N+](=O)[O-])cc1F)C(=O)O. The molecule has 18 heavy (non-hydrogen) atoms. The first-order valence-electron chi connectivity index (χ1n) is 5.36. The molecule has 0 radical (unpaired) electrons. The van der Waals surface area contributed by atoms with E-state index in [9.17, 15) is 19.3 Å². The Hall–Kier alpha value is -2.18. The predicted octanol–water partition coefficient (Wildman–Crippen LogP) is 2.26. The zero-order chi connectivity index (χ0) is 13.7. The van der Waals surface area contributed by atoms with Gasteiger partial charge in [-0.2, -0.15) is 0 Å². The summed E-state index contributed by atoms with van der Waals surface area (Å²) in [5.41, 5.74) is -0.288. The van der Waals surface area contributed by atoms with Crippen molar-refractivity contribution < 1.29 is 19.2 Å². The summed E-state index contributed by atoms with van der Waals surface area (Å²) in [5, 5.41) is 21.9. The normalized spacial score (nSPS) is 11.9. The summed E-state index contributed by atoms with van der Waals surface area (Å²) in [4.78, 5) is 20.5. The Labute approximate surface area is 103 Å². The molecule has 2 N–H and O–H groups in total. The number of nitrogens with one attached hydrogen (secondary N) is 1. The third-order valence-electron chi connectivity index (χ3n) is 2.54. The van der Waals surface area contributed by atoms with E-state index in [0.717, 1.165) is 12.1 Å². The molecule has 0 aliphatic heterocycles. The smallest absolute Gasteiger partial charge is 0.308 e. The van der Waals surface area contributed by atoms with Crippen molar-refractivity contribution in [3.05, 3.63) is 34.1 Å². The van der Waals surface area contributed by atoms with Gasteiger partial charge in [0.15, 0.2) is 5.82 Å². The summed E-state index contributed by atoms with van der Waals surface area (Å²) in [6, 6.07) is 3.18. The monoisotopic (exact) mass is 256 g/mol. The van der Waals surface area contributed by atoms with Gasteiger partial charge in [-0.05, 0) is 12.5 Å². The van der Waals surface area contributed by atoms with Crippen LogP contribution >= 0.6 is 0 Å². The highest BCUT2D eigenvalue weighted by Gasteiger charge is 2.16. The van der Waals surface area contributed by atoms with Crippen LogP contribution in [-0.2, 0) is 4.79 Å². The lowest BCUT2D eigenvalue weighted by molar-refractivity contribution is -0.385. The number of aliphatic carboxylic acids is 1. The highest BCUT2D eigenvalue weighted by molar-refractivity contribution is 5.70. The molecule has 1 atom stereocenters. The van der Waals surface area contributed by atoms with Crippen molar-refractivity contribution in [2.45, 2.75) is 13.3 Å². The van der Waals surface area contributed by atoms with Gasteiger partial charge in [-0.15, -0.1) is 0 Å². The molecule has 0 fully saturated rings. The largest absolute Gasteiger partial charge is 0.481 e. The minimum absolute atomic E-state index is 0.0558. The first kappa shape index (κ1) is 13.9. The van der Waals surface area contributed by atoms with Crippen LogP contribution in [0.5, 0.6) is 0 Å². The number of rotatable bonds is 6. The van der Waals surface area contributed by atoms with Crippen LogP contribution in [-0.4, -0.2) is 22.5 Å². The average molecular weight is 256 g/mol. The maximum atomic E-state index is 13.5. The van der Waals surface area contributed by atoms with Crippen LogP contribution in [0, 0.1) is 21.8 Å². The number of carboxylic acid groups (broad SMARTS) is 1. The Balaban J connectivity index is 2.74. The Kier molecular flexibility index (Phi) is 4.59. The summed E-state index contributed by atoms with van der Waals surface area (Å²) in [7, 11) is 0. The number of nitro groups is 1.